The molecule has 2 rings (SSSR count). The van der Waals surface area contributed by atoms with Gasteiger partial charge in [0.1, 0.15) is 5.75 Å². The van der Waals surface area contributed by atoms with Crippen molar-refractivity contribution in [3.63, 3.8) is 0 Å². The molecule has 0 saturated heterocycles. The van der Waals surface area contributed by atoms with E-state index >= 15 is 0 Å². The van der Waals surface area contributed by atoms with Gasteiger partial charge in [-0.3, -0.25) is 0 Å². The van der Waals surface area contributed by atoms with Gasteiger partial charge in [-0.1, -0.05) is 22.9 Å². The maximum atomic E-state index is 9.03. The fraction of sp³-hybridized carbons (Fsp3) is 0.538. The van der Waals surface area contributed by atoms with Crippen molar-refractivity contribution in [2.75, 3.05) is 19.8 Å². The zero-order chi connectivity index (χ0) is 12.3. The van der Waals surface area contributed by atoms with Gasteiger partial charge in [-0.15, -0.1) is 0 Å². The molecule has 17 heavy (non-hydrogen) atoms. The fourth-order valence-corrected chi connectivity index (χ4v) is 2.36. The summed E-state index contributed by atoms with van der Waals surface area (Å²) < 4.78 is 6.70. The molecule has 0 aromatic heterocycles. The fourth-order valence-electron chi connectivity index (χ4n) is 1.99. The predicted octanol–water partition coefficient (Wildman–Crippen LogP) is 2.49. The van der Waals surface area contributed by atoms with Crippen molar-refractivity contribution in [1.29, 1.82) is 0 Å². The largest absolute Gasteiger partial charge is 0.493 e. The topological polar surface area (TPSA) is 41.5 Å². The lowest BCUT2D eigenvalue weighted by Crippen LogP contribution is -2.31. The number of rotatable bonds is 4. The van der Waals surface area contributed by atoms with Gasteiger partial charge in [0.2, 0.25) is 0 Å². The molecule has 2 atom stereocenters. The summed E-state index contributed by atoms with van der Waals surface area (Å²) in [5, 5.41) is 12.5. The lowest BCUT2D eigenvalue weighted by molar-refractivity contribution is 0.216. The minimum Gasteiger partial charge on any atom is -0.493 e. The van der Waals surface area contributed by atoms with Crippen LogP contribution in [0.4, 0.5) is 0 Å². The molecule has 0 radical (unpaired) electrons. The molecular formula is C13H18BrNO2. The highest BCUT2D eigenvalue weighted by atomic mass is 79.9. The van der Waals surface area contributed by atoms with Crippen molar-refractivity contribution in [2.24, 2.45) is 5.92 Å². The first-order valence-electron chi connectivity index (χ1n) is 5.97. The highest BCUT2D eigenvalue weighted by Crippen LogP contribution is 2.34. The van der Waals surface area contributed by atoms with Gasteiger partial charge in [0.25, 0.3) is 0 Å². The third-order valence-corrected chi connectivity index (χ3v) is 3.53. The second kappa shape index (κ2) is 5.85. The average molecular weight is 300 g/mol. The van der Waals surface area contributed by atoms with Crippen LogP contribution in [0.1, 0.15) is 24.9 Å². The molecule has 0 saturated carbocycles. The number of hydrogen-bond donors (Lipinski definition) is 2. The maximum Gasteiger partial charge on any atom is 0.124 e. The van der Waals surface area contributed by atoms with E-state index in [-0.39, 0.29) is 12.5 Å². The summed E-state index contributed by atoms with van der Waals surface area (Å²) in [6.07, 6.45) is 0.974. The molecule has 4 heteroatoms. The van der Waals surface area contributed by atoms with Crippen molar-refractivity contribution in [3.8, 4) is 5.75 Å². The monoisotopic (exact) mass is 299 g/mol. The lowest BCUT2D eigenvalue weighted by atomic mass is 10.00. The van der Waals surface area contributed by atoms with Crippen LogP contribution in [0.15, 0.2) is 22.7 Å². The van der Waals surface area contributed by atoms with Gasteiger partial charge in [0.05, 0.1) is 6.61 Å². The van der Waals surface area contributed by atoms with E-state index in [0.29, 0.717) is 6.04 Å². The Hall–Kier alpha value is -0.580. The predicted molar refractivity (Wildman–Crippen MR) is 71.2 cm³/mol. The molecule has 1 aliphatic heterocycles. The molecule has 1 aliphatic rings. The first kappa shape index (κ1) is 12.9. The zero-order valence-electron chi connectivity index (χ0n) is 9.95. The number of ether oxygens (including phenoxy) is 1. The number of aliphatic hydroxyl groups excluding tert-OH is 1. The van der Waals surface area contributed by atoms with Crippen LogP contribution in [0.25, 0.3) is 0 Å². The minimum atomic E-state index is 0.224. The molecule has 2 N–H and O–H groups in total. The SMILES string of the molecule is CC(CO)CNC1CCOc2ccc(Br)cc21. The van der Waals surface area contributed by atoms with Crippen LogP contribution in [0.5, 0.6) is 5.75 Å². The molecule has 3 nitrogen and oxygen atoms in total. The van der Waals surface area contributed by atoms with Crippen LogP contribution in [-0.4, -0.2) is 24.9 Å². The molecule has 0 amide bonds. The summed E-state index contributed by atoms with van der Waals surface area (Å²) in [5.74, 6) is 1.25. The molecule has 94 valence electrons. The summed E-state index contributed by atoms with van der Waals surface area (Å²) >= 11 is 3.49. The van der Waals surface area contributed by atoms with E-state index in [4.69, 9.17) is 9.84 Å². The molecule has 0 fully saturated rings. The Balaban J connectivity index is 2.08. The van der Waals surface area contributed by atoms with E-state index in [0.717, 1.165) is 29.8 Å². The Bertz CT molecular complexity index is 384. The first-order chi connectivity index (χ1) is 8.20. The van der Waals surface area contributed by atoms with E-state index in [1.165, 1.54) is 5.56 Å². The molecular weight excluding hydrogens is 282 g/mol. The van der Waals surface area contributed by atoms with Crippen LogP contribution in [0.2, 0.25) is 0 Å². The molecule has 0 bridgehead atoms. The van der Waals surface area contributed by atoms with Gasteiger partial charge in [-0.25, -0.2) is 0 Å². The molecule has 1 heterocycles. The standard InChI is InChI=1S/C13H18BrNO2/c1-9(8-16)7-15-12-4-5-17-13-3-2-10(14)6-11(12)13/h2-3,6,9,12,15-16H,4-5,7-8H2,1H3. The number of aliphatic hydroxyl groups is 1. The summed E-state index contributed by atoms with van der Waals surface area (Å²) in [6, 6.07) is 6.43. The van der Waals surface area contributed by atoms with Crippen LogP contribution >= 0.6 is 15.9 Å². The summed E-state index contributed by atoms with van der Waals surface area (Å²) in [7, 11) is 0. The molecule has 2 unspecified atom stereocenters. The van der Waals surface area contributed by atoms with Crippen molar-refractivity contribution in [1.82, 2.24) is 5.32 Å². The average Bonchev–Trinajstić information content (AvgIpc) is 2.35. The highest BCUT2D eigenvalue weighted by molar-refractivity contribution is 9.10. The lowest BCUT2D eigenvalue weighted by Gasteiger charge is -2.27. The Morgan fingerprint density at radius 3 is 3.18 bits per heavy atom. The van der Waals surface area contributed by atoms with Crippen LogP contribution in [-0.2, 0) is 0 Å². The van der Waals surface area contributed by atoms with E-state index in [2.05, 4.69) is 27.3 Å². The van der Waals surface area contributed by atoms with E-state index < -0.39 is 0 Å². The van der Waals surface area contributed by atoms with Crippen LogP contribution in [0, 0.1) is 5.92 Å². The number of nitrogens with one attached hydrogen (secondary N) is 1. The number of halogens is 1. The smallest absolute Gasteiger partial charge is 0.124 e. The van der Waals surface area contributed by atoms with Gasteiger partial charge < -0.3 is 15.2 Å². The van der Waals surface area contributed by atoms with Gasteiger partial charge in [-0.05, 0) is 24.1 Å². The van der Waals surface area contributed by atoms with E-state index in [1.807, 2.05) is 19.1 Å². The van der Waals surface area contributed by atoms with Crippen molar-refractivity contribution in [3.05, 3.63) is 28.2 Å². The maximum absolute atomic E-state index is 9.03. The summed E-state index contributed by atoms with van der Waals surface area (Å²) in [5.41, 5.74) is 1.20. The zero-order valence-corrected chi connectivity index (χ0v) is 11.5. The van der Waals surface area contributed by atoms with Crippen LogP contribution < -0.4 is 10.1 Å². The Labute approximate surface area is 110 Å². The van der Waals surface area contributed by atoms with Crippen LogP contribution in [0.3, 0.4) is 0 Å². The first-order valence-corrected chi connectivity index (χ1v) is 6.76. The normalized spacial score (nSPS) is 20.5. The summed E-state index contributed by atoms with van der Waals surface area (Å²) in [6.45, 7) is 3.84. The second-order valence-corrected chi connectivity index (χ2v) is 5.48. The molecule has 0 spiro atoms. The molecule has 0 aliphatic carbocycles. The van der Waals surface area contributed by atoms with Gasteiger partial charge in [0, 0.05) is 35.7 Å². The third-order valence-electron chi connectivity index (χ3n) is 3.04. The van der Waals surface area contributed by atoms with Gasteiger partial charge in [-0.2, -0.15) is 0 Å². The Morgan fingerprint density at radius 1 is 1.59 bits per heavy atom. The minimum absolute atomic E-state index is 0.224. The van der Waals surface area contributed by atoms with Crippen molar-refractivity contribution < 1.29 is 9.84 Å². The quantitative estimate of drug-likeness (QED) is 0.897. The number of hydrogen-bond acceptors (Lipinski definition) is 3. The Morgan fingerprint density at radius 2 is 2.41 bits per heavy atom. The molecule has 1 aromatic carbocycles. The Kier molecular flexibility index (Phi) is 4.42. The molecule has 1 aromatic rings. The summed E-state index contributed by atoms with van der Waals surface area (Å²) in [4.78, 5) is 0. The number of benzene rings is 1. The van der Waals surface area contributed by atoms with Crippen molar-refractivity contribution >= 4 is 15.9 Å². The number of fused-ring (bicyclic) bond motifs is 1. The highest BCUT2D eigenvalue weighted by Gasteiger charge is 2.21. The van der Waals surface area contributed by atoms with E-state index in [1.54, 1.807) is 0 Å². The van der Waals surface area contributed by atoms with Gasteiger partial charge >= 0.3 is 0 Å². The second-order valence-electron chi connectivity index (χ2n) is 4.57. The van der Waals surface area contributed by atoms with E-state index in [9.17, 15) is 0 Å². The van der Waals surface area contributed by atoms with Gasteiger partial charge in [0.15, 0.2) is 0 Å². The van der Waals surface area contributed by atoms with Crippen molar-refractivity contribution in [2.45, 2.75) is 19.4 Å². The third kappa shape index (κ3) is 3.21.